The van der Waals surface area contributed by atoms with Crippen LogP contribution in [0.2, 0.25) is 0 Å². The largest absolute Gasteiger partial charge is 0.316 e. The molecule has 1 saturated heterocycles. The molecule has 1 aliphatic rings. The van der Waals surface area contributed by atoms with Gasteiger partial charge in [0.2, 0.25) is 0 Å². The van der Waals surface area contributed by atoms with Crippen molar-refractivity contribution in [3.63, 3.8) is 0 Å². The maximum Gasteiger partial charge on any atom is 0.0938 e. The molecule has 1 aromatic heterocycles. The van der Waals surface area contributed by atoms with Gasteiger partial charge in [0.05, 0.1) is 15.2 Å². The van der Waals surface area contributed by atoms with Crippen molar-refractivity contribution >= 4 is 21.6 Å². The highest BCUT2D eigenvalue weighted by molar-refractivity contribution is 7.18. The molecule has 1 unspecified atom stereocenters. The first kappa shape index (κ1) is 12.1. The van der Waals surface area contributed by atoms with Gasteiger partial charge in [0, 0.05) is 0 Å². The van der Waals surface area contributed by atoms with E-state index >= 15 is 0 Å². The summed E-state index contributed by atoms with van der Waals surface area (Å²) in [6, 6.07) is 6.47. The van der Waals surface area contributed by atoms with Crippen LogP contribution >= 0.6 is 11.3 Å². The van der Waals surface area contributed by atoms with Crippen molar-refractivity contribution in [2.75, 3.05) is 13.1 Å². The standard InChI is InChI=1S/C15H20N2S/c1-11-4-2-6-13-15(11)17-14(18-13)8-7-12-5-3-9-16-10-12/h2,4,6,12,16H,3,5,7-10H2,1H3. The van der Waals surface area contributed by atoms with E-state index in [2.05, 4.69) is 30.4 Å². The van der Waals surface area contributed by atoms with Crippen LogP contribution < -0.4 is 5.32 Å². The fourth-order valence-electron chi connectivity index (χ4n) is 2.74. The second-order valence-electron chi connectivity index (χ2n) is 5.28. The molecule has 18 heavy (non-hydrogen) atoms. The molecular weight excluding hydrogens is 240 g/mol. The maximum absolute atomic E-state index is 4.79. The minimum Gasteiger partial charge on any atom is -0.316 e. The van der Waals surface area contributed by atoms with Crippen LogP contribution in [0.15, 0.2) is 18.2 Å². The molecule has 2 nitrogen and oxygen atoms in total. The first-order chi connectivity index (χ1) is 8.83. The van der Waals surface area contributed by atoms with Crippen LogP contribution in [0.1, 0.15) is 29.8 Å². The fraction of sp³-hybridized carbons (Fsp3) is 0.533. The lowest BCUT2D eigenvalue weighted by Crippen LogP contribution is -2.29. The third-order valence-electron chi connectivity index (χ3n) is 3.83. The van der Waals surface area contributed by atoms with Gasteiger partial charge in [-0.3, -0.25) is 0 Å². The van der Waals surface area contributed by atoms with Crippen molar-refractivity contribution in [1.82, 2.24) is 10.3 Å². The number of hydrogen-bond donors (Lipinski definition) is 1. The van der Waals surface area contributed by atoms with E-state index in [1.54, 1.807) is 0 Å². The molecule has 1 aliphatic heterocycles. The average molecular weight is 260 g/mol. The number of aryl methyl sites for hydroxylation is 2. The van der Waals surface area contributed by atoms with Crippen LogP contribution in [0.5, 0.6) is 0 Å². The Labute approximate surface area is 112 Å². The summed E-state index contributed by atoms with van der Waals surface area (Å²) >= 11 is 1.87. The van der Waals surface area contributed by atoms with Crippen molar-refractivity contribution < 1.29 is 0 Å². The van der Waals surface area contributed by atoms with Crippen LogP contribution in [-0.2, 0) is 6.42 Å². The highest BCUT2D eigenvalue weighted by Crippen LogP contribution is 2.26. The van der Waals surface area contributed by atoms with E-state index in [4.69, 9.17) is 4.98 Å². The Morgan fingerprint density at radius 2 is 2.39 bits per heavy atom. The van der Waals surface area contributed by atoms with Crippen molar-refractivity contribution in [2.45, 2.75) is 32.6 Å². The molecule has 1 fully saturated rings. The van der Waals surface area contributed by atoms with E-state index in [-0.39, 0.29) is 0 Å². The topological polar surface area (TPSA) is 24.9 Å². The Morgan fingerprint density at radius 3 is 3.17 bits per heavy atom. The monoisotopic (exact) mass is 260 g/mol. The van der Waals surface area contributed by atoms with Gasteiger partial charge in [0.1, 0.15) is 0 Å². The summed E-state index contributed by atoms with van der Waals surface area (Å²) < 4.78 is 1.34. The number of thiazole rings is 1. The number of rotatable bonds is 3. The zero-order chi connectivity index (χ0) is 12.4. The van der Waals surface area contributed by atoms with Gasteiger partial charge in [-0.2, -0.15) is 0 Å². The minimum absolute atomic E-state index is 0.854. The molecule has 1 atom stereocenters. The van der Waals surface area contributed by atoms with E-state index in [1.165, 1.54) is 53.1 Å². The van der Waals surface area contributed by atoms with Crippen molar-refractivity contribution in [3.8, 4) is 0 Å². The van der Waals surface area contributed by atoms with Crippen LogP contribution in [0.25, 0.3) is 10.2 Å². The normalized spacial score (nSPS) is 20.4. The second kappa shape index (κ2) is 5.37. The number of fused-ring (bicyclic) bond motifs is 1. The van der Waals surface area contributed by atoms with Gasteiger partial charge in [-0.1, -0.05) is 12.1 Å². The molecular formula is C15H20N2S. The SMILES string of the molecule is Cc1cccc2sc(CCC3CCCNC3)nc12. The van der Waals surface area contributed by atoms with Crippen LogP contribution in [0, 0.1) is 12.8 Å². The fourth-order valence-corrected chi connectivity index (χ4v) is 3.80. The highest BCUT2D eigenvalue weighted by Gasteiger charge is 2.14. The zero-order valence-corrected chi connectivity index (χ0v) is 11.7. The first-order valence-corrected chi connectivity index (χ1v) is 7.70. The van der Waals surface area contributed by atoms with Gasteiger partial charge < -0.3 is 5.32 Å². The zero-order valence-electron chi connectivity index (χ0n) is 10.9. The molecule has 0 bridgehead atoms. The van der Waals surface area contributed by atoms with Crippen molar-refractivity contribution in [2.24, 2.45) is 5.92 Å². The Hall–Kier alpha value is -0.930. The number of benzene rings is 1. The lowest BCUT2D eigenvalue weighted by atomic mass is 9.95. The van der Waals surface area contributed by atoms with Gasteiger partial charge in [-0.25, -0.2) is 4.98 Å². The van der Waals surface area contributed by atoms with Crippen LogP contribution in [-0.4, -0.2) is 18.1 Å². The third kappa shape index (κ3) is 2.57. The Balaban J connectivity index is 1.69. The summed E-state index contributed by atoms with van der Waals surface area (Å²) in [6.45, 7) is 4.55. The molecule has 0 spiro atoms. The summed E-state index contributed by atoms with van der Waals surface area (Å²) in [4.78, 5) is 4.79. The minimum atomic E-state index is 0.854. The quantitative estimate of drug-likeness (QED) is 0.913. The number of hydrogen-bond acceptors (Lipinski definition) is 3. The number of piperidine rings is 1. The van der Waals surface area contributed by atoms with Gasteiger partial charge in [0.15, 0.2) is 0 Å². The first-order valence-electron chi connectivity index (χ1n) is 6.88. The van der Waals surface area contributed by atoms with E-state index in [0.717, 1.165) is 12.3 Å². The average Bonchev–Trinajstić information content (AvgIpc) is 2.82. The van der Waals surface area contributed by atoms with Crippen molar-refractivity contribution in [1.29, 1.82) is 0 Å². The van der Waals surface area contributed by atoms with E-state index in [1.807, 2.05) is 11.3 Å². The molecule has 1 aromatic carbocycles. The lowest BCUT2D eigenvalue weighted by molar-refractivity contribution is 0.358. The lowest BCUT2D eigenvalue weighted by Gasteiger charge is -2.21. The number of para-hydroxylation sites is 1. The Bertz CT molecular complexity index is 526. The number of nitrogens with one attached hydrogen (secondary N) is 1. The Morgan fingerprint density at radius 1 is 1.44 bits per heavy atom. The molecule has 0 radical (unpaired) electrons. The van der Waals surface area contributed by atoms with Gasteiger partial charge >= 0.3 is 0 Å². The predicted molar refractivity (Wildman–Crippen MR) is 78.3 cm³/mol. The molecule has 2 heterocycles. The van der Waals surface area contributed by atoms with E-state index in [0.29, 0.717) is 0 Å². The summed E-state index contributed by atoms with van der Waals surface area (Å²) in [7, 11) is 0. The molecule has 96 valence electrons. The third-order valence-corrected chi connectivity index (χ3v) is 4.91. The molecule has 3 heteroatoms. The van der Waals surface area contributed by atoms with E-state index < -0.39 is 0 Å². The van der Waals surface area contributed by atoms with Gasteiger partial charge in [-0.15, -0.1) is 11.3 Å². The highest BCUT2D eigenvalue weighted by atomic mass is 32.1. The van der Waals surface area contributed by atoms with Gasteiger partial charge in [-0.05, 0) is 63.2 Å². The molecule has 0 aliphatic carbocycles. The summed E-state index contributed by atoms with van der Waals surface area (Å²) in [6.07, 6.45) is 5.15. The summed E-state index contributed by atoms with van der Waals surface area (Å²) in [5.74, 6) is 0.854. The summed E-state index contributed by atoms with van der Waals surface area (Å²) in [5, 5.41) is 4.80. The van der Waals surface area contributed by atoms with Gasteiger partial charge in [0.25, 0.3) is 0 Å². The molecule has 0 saturated carbocycles. The molecule has 3 rings (SSSR count). The Kier molecular flexibility index (Phi) is 3.62. The van der Waals surface area contributed by atoms with E-state index in [9.17, 15) is 0 Å². The smallest absolute Gasteiger partial charge is 0.0938 e. The second-order valence-corrected chi connectivity index (χ2v) is 6.40. The van der Waals surface area contributed by atoms with Crippen LogP contribution in [0.3, 0.4) is 0 Å². The number of aromatic nitrogens is 1. The van der Waals surface area contributed by atoms with Crippen LogP contribution in [0.4, 0.5) is 0 Å². The maximum atomic E-state index is 4.79. The molecule has 0 amide bonds. The van der Waals surface area contributed by atoms with Crippen molar-refractivity contribution in [3.05, 3.63) is 28.8 Å². The predicted octanol–water partition coefficient (Wildman–Crippen LogP) is 3.54. The molecule has 1 N–H and O–H groups in total. The molecule has 2 aromatic rings. The number of nitrogens with zero attached hydrogens (tertiary/aromatic N) is 1. The summed E-state index contributed by atoms with van der Waals surface area (Å²) in [5.41, 5.74) is 2.51.